The summed E-state index contributed by atoms with van der Waals surface area (Å²) >= 11 is 0. The number of nitrogens with zero attached hydrogens (tertiary/aromatic N) is 2. The Morgan fingerprint density at radius 1 is 1.05 bits per heavy atom. The molecule has 21 heavy (non-hydrogen) atoms. The van der Waals surface area contributed by atoms with Crippen molar-refractivity contribution < 1.29 is 9.47 Å². The van der Waals surface area contributed by atoms with Gasteiger partial charge < -0.3 is 14.8 Å². The largest absolute Gasteiger partial charge is 0.486 e. The predicted molar refractivity (Wildman–Crippen MR) is 79.4 cm³/mol. The second kappa shape index (κ2) is 6.10. The van der Waals surface area contributed by atoms with Crippen LogP contribution in [-0.4, -0.2) is 23.2 Å². The molecule has 1 aliphatic rings. The van der Waals surface area contributed by atoms with Crippen molar-refractivity contribution in [3.05, 3.63) is 48.0 Å². The van der Waals surface area contributed by atoms with E-state index in [0.717, 1.165) is 22.8 Å². The SMILES string of the molecule is CC(NC(C)c1cnccn1)c1ccc2c(c1)OCCO2. The van der Waals surface area contributed by atoms with Crippen LogP contribution in [0.2, 0.25) is 0 Å². The first-order valence-corrected chi connectivity index (χ1v) is 7.15. The molecule has 3 rings (SSSR count). The molecule has 0 spiro atoms. The Kier molecular flexibility index (Phi) is 4.01. The van der Waals surface area contributed by atoms with Gasteiger partial charge in [0.2, 0.25) is 0 Å². The maximum absolute atomic E-state index is 5.63. The van der Waals surface area contributed by atoms with Crippen molar-refractivity contribution in [1.82, 2.24) is 15.3 Å². The molecule has 5 heteroatoms. The summed E-state index contributed by atoms with van der Waals surface area (Å²) in [4.78, 5) is 8.43. The number of benzene rings is 1. The van der Waals surface area contributed by atoms with Gasteiger partial charge in [0.05, 0.1) is 5.69 Å². The number of nitrogens with one attached hydrogen (secondary N) is 1. The van der Waals surface area contributed by atoms with Crippen molar-refractivity contribution in [3.8, 4) is 11.5 Å². The van der Waals surface area contributed by atoms with Gasteiger partial charge in [-0.1, -0.05) is 6.07 Å². The fraction of sp³-hybridized carbons (Fsp3) is 0.375. The summed E-state index contributed by atoms with van der Waals surface area (Å²) in [5, 5.41) is 3.52. The number of hydrogen-bond acceptors (Lipinski definition) is 5. The van der Waals surface area contributed by atoms with Gasteiger partial charge in [-0.2, -0.15) is 0 Å². The summed E-state index contributed by atoms with van der Waals surface area (Å²) in [5.74, 6) is 1.64. The molecule has 0 radical (unpaired) electrons. The van der Waals surface area contributed by atoms with Gasteiger partial charge in [-0.25, -0.2) is 0 Å². The summed E-state index contributed by atoms with van der Waals surface area (Å²) < 4.78 is 11.2. The quantitative estimate of drug-likeness (QED) is 0.936. The minimum atomic E-state index is 0.127. The van der Waals surface area contributed by atoms with Gasteiger partial charge in [0, 0.05) is 30.7 Å². The van der Waals surface area contributed by atoms with Crippen LogP contribution in [0.1, 0.15) is 37.2 Å². The van der Waals surface area contributed by atoms with Crippen LogP contribution in [0, 0.1) is 0 Å². The number of fused-ring (bicyclic) bond motifs is 1. The van der Waals surface area contributed by atoms with E-state index in [0.29, 0.717) is 13.2 Å². The van der Waals surface area contributed by atoms with Gasteiger partial charge in [0.1, 0.15) is 13.2 Å². The van der Waals surface area contributed by atoms with Crippen LogP contribution in [0.25, 0.3) is 0 Å². The molecule has 5 nitrogen and oxygen atoms in total. The molecule has 110 valence electrons. The summed E-state index contributed by atoms with van der Waals surface area (Å²) in [6.07, 6.45) is 5.18. The molecular weight excluding hydrogens is 266 g/mol. The topological polar surface area (TPSA) is 56.3 Å². The molecule has 0 fully saturated rings. The molecular formula is C16H19N3O2. The van der Waals surface area contributed by atoms with E-state index in [4.69, 9.17) is 9.47 Å². The first-order chi connectivity index (χ1) is 10.2. The first-order valence-electron chi connectivity index (χ1n) is 7.15. The van der Waals surface area contributed by atoms with E-state index in [1.54, 1.807) is 18.6 Å². The molecule has 2 atom stereocenters. The van der Waals surface area contributed by atoms with Crippen LogP contribution in [0.4, 0.5) is 0 Å². The average molecular weight is 285 g/mol. The fourth-order valence-corrected chi connectivity index (χ4v) is 2.42. The van der Waals surface area contributed by atoms with E-state index in [-0.39, 0.29) is 12.1 Å². The number of ether oxygens (including phenoxy) is 2. The second-order valence-electron chi connectivity index (χ2n) is 5.14. The Labute approximate surface area is 124 Å². The van der Waals surface area contributed by atoms with Crippen LogP contribution < -0.4 is 14.8 Å². The number of rotatable bonds is 4. The Hall–Kier alpha value is -2.14. The lowest BCUT2D eigenvalue weighted by molar-refractivity contribution is 0.171. The van der Waals surface area contributed by atoms with Crippen molar-refractivity contribution in [2.75, 3.05) is 13.2 Å². The molecule has 0 aliphatic carbocycles. The van der Waals surface area contributed by atoms with E-state index in [1.807, 2.05) is 12.1 Å². The average Bonchev–Trinajstić information content (AvgIpc) is 2.55. The lowest BCUT2D eigenvalue weighted by atomic mass is 10.1. The second-order valence-corrected chi connectivity index (χ2v) is 5.14. The summed E-state index contributed by atoms with van der Waals surface area (Å²) in [6, 6.07) is 6.37. The number of hydrogen-bond donors (Lipinski definition) is 1. The first kappa shape index (κ1) is 13.8. The normalized spacial score (nSPS) is 16.3. The summed E-state index contributed by atoms with van der Waals surface area (Å²) in [7, 11) is 0. The Morgan fingerprint density at radius 2 is 1.86 bits per heavy atom. The van der Waals surface area contributed by atoms with E-state index >= 15 is 0 Å². The minimum absolute atomic E-state index is 0.127. The van der Waals surface area contributed by atoms with Crippen molar-refractivity contribution >= 4 is 0 Å². The molecule has 1 N–H and O–H groups in total. The molecule has 0 amide bonds. The zero-order valence-corrected chi connectivity index (χ0v) is 12.2. The van der Waals surface area contributed by atoms with Crippen molar-refractivity contribution in [2.45, 2.75) is 25.9 Å². The summed E-state index contributed by atoms with van der Waals surface area (Å²) in [6.45, 7) is 5.43. The smallest absolute Gasteiger partial charge is 0.161 e. The fourth-order valence-electron chi connectivity index (χ4n) is 2.42. The van der Waals surface area contributed by atoms with Gasteiger partial charge in [0.15, 0.2) is 11.5 Å². The molecule has 2 heterocycles. The highest BCUT2D eigenvalue weighted by Crippen LogP contribution is 2.33. The Bertz CT molecular complexity index is 604. The standard InChI is InChI=1S/C16H19N3O2/c1-11(19-12(2)14-10-17-5-6-18-14)13-3-4-15-16(9-13)21-8-7-20-15/h3-6,9-12,19H,7-8H2,1-2H3. The predicted octanol–water partition coefficient (Wildman–Crippen LogP) is 2.66. The van der Waals surface area contributed by atoms with Gasteiger partial charge in [-0.3, -0.25) is 9.97 Å². The zero-order valence-electron chi connectivity index (χ0n) is 12.2. The molecule has 0 bridgehead atoms. The molecule has 1 aromatic carbocycles. The third-order valence-corrected chi connectivity index (χ3v) is 3.59. The van der Waals surface area contributed by atoms with Crippen LogP contribution in [0.3, 0.4) is 0 Å². The van der Waals surface area contributed by atoms with Crippen LogP contribution >= 0.6 is 0 Å². The highest BCUT2D eigenvalue weighted by Gasteiger charge is 2.16. The molecule has 0 saturated heterocycles. The maximum Gasteiger partial charge on any atom is 0.161 e. The van der Waals surface area contributed by atoms with E-state index < -0.39 is 0 Å². The molecule has 2 aromatic rings. The molecule has 1 aliphatic heterocycles. The van der Waals surface area contributed by atoms with Gasteiger partial charge in [-0.05, 0) is 31.5 Å². The molecule has 2 unspecified atom stereocenters. The molecule has 1 aromatic heterocycles. The lowest BCUT2D eigenvalue weighted by Gasteiger charge is -2.23. The van der Waals surface area contributed by atoms with Gasteiger partial charge >= 0.3 is 0 Å². The monoisotopic (exact) mass is 285 g/mol. The summed E-state index contributed by atoms with van der Waals surface area (Å²) in [5.41, 5.74) is 2.09. The van der Waals surface area contributed by atoms with Crippen molar-refractivity contribution in [3.63, 3.8) is 0 Å². The van der Waals surface area contributed by atoms with Crippen LogP contribution in [0.5, 0.6) is 11.5 Å². The highest BCUT2D eigenvalue weighted by molar-refractivity contribution is 5.44. The molecule has 0 saturated carbocycles. The van der Waals surface area contributed by atoms with E-state index in [9.17, 15) is 0 Å². The van der Waals surface area contributed by atoms with Crippen LogP contribution in [0.15, 0.2) is 36.8 Å². The van der Waals surface area contributed by atoms with Crippen molar-refractivity contribution in [1.29, 1.82) is 0 Å². The van der Waals surface area contributed by atoms with Crippen LogP contribution in [-0.2, 0) is 0 Å². The third-order valence-electron chi connectivity index (χ3n) is 3.59. The van der Waals surface area contributed by atoms with E-state index in [1.165, 1.54) is 0 Å². The van der Waals surface area contributed by atoms with Gasteiger partial charge in [0.25, 0.3) is 0 Å². The van der Waals surface area contributed by atoms with E-state index in [2.05, 4.69) is 35.2 Å². The van der Waals surface area contributed by atoms with Gasteiger partial charge in [-0.15, -0.1) is 0 Å². The zero-order chi connectivity index (χ0) is 14.7. The minimum Gasteiger partial charge on any atom is -0.486 e. The third kappa shape index (κ3) is 3.13. The maximum atomic E-state index is 5.63. The highest BCUT2D eigenvalue weighted by atomic mass is 16.6. The van der Waals surface area contributed by atoms with Crippen molar-refractivity contribution in [2.24, 2.45) is 0 Å². The number of aromatic nitrogens is 2. The Balaban J connectivity index is 1.72. The Morgan fingerprint density at radius 3 is 2.62 bits per heavy atom. The lowest BCUT2D eigenvalue weighted by Crippen LogP contribution is -2.23.